The molecule has 3 rings (SSSR count). The summed E-state index contributed by atoms with van der Waals surface area (Å²) in [6, 6.07) is 0. The van der Waals surface area contributed by atoms with Crippen LogP contribution in [0.5, 0.6) is 0 Å². The van der Waals surface area contributed by atoms with Gasteiger partial charge in [0.1, 0.15) is 0 Å². The van der Waals surface area contributed by atoms with Crippen molar-refractivity contribution in [3.05, 3.63) is 0 Å². The van der Waals surface area contributed by atoms with Gasteiger partial charge in [-0.05, 0) is 43.7 Å². The predicted octanol–water partition coefficient (Wildman–Crippen LogP) is 1.72. The first-order valence-electron chi connectivity index (χ1n) is 6.85. The third kappa shape index (κ3) is 2.21. The molecule has 0 aromatic rings. The molecule has 2 aliphatic heterocycles. The van der Waals surface area contributed by atoms with Crippen LogP contribution in [0, 0.1) is 17.8 Å². The van der Waals surface area contributed by atoms with Crippen LogP contribution in [0.3, 0.4) is 0 Å². The maximum absolute atomic E-state index is 3.52. The molecule has 1 N–H and O–H groups in total. The number of likely N-dealkylation sites (tertiary alicyclic amines) is 1. The maximum Gasteiger partial charge on any atom is 0.00257 e. The molecule has 2 saturated heterocycles. The van der Waals surface area contributed by atoms with Crippen LogP contribution in [0.25, 0.3) is 0 Å². The zero-order valence-corrected chi connectivity index (χ0v) is 9.75. The first kappa shape index (κ1) is 10.1. The molecule has 3 fully saturated rings. The Labute approximate surface area is 93.4 Å². The second-order valence-corrected chi connectivity index (χ2v) is 5.90. The number of hydrogen-bond donors (Lipinski definition) is 1. The molecule has 0 amide bonds. The number of hydrogen-bond acceptors (Lipinski definition) is 2. The van der Waals surface area contributed by atoms with Crippen LogP contribution in [0.2, 0.25) is 0 Å². The molecular formula is C13H24N2. The van der Waals surface area contributed by atoms with E-state index in [1.54, 1.807) is 0 Å². The summed E-state index contributed by atoms with van der Waals surface area (Å²) >= 11 is 0. The van der Waals surface area contributed by atoms with E-state index >= 15 is 0 Å². The van der Waals surface area contributed by atoms with Crippen molar-refractivity contribution < 1.29 is 0 Å². The van der Waals surface area contributed by atoms with Gasteiger partial charge in [-0.15, -0.1) is 0 Å². The van der Waals surface area contributed by atoms with E-state index in [-0.39, 0.29) is 0 Å². The normalized spacial score (nSPS) is 38.4. The highest BCUT2D eigenvalue weighted by atomic mass is 15.2. The number of nitrogens with zero attached hydrogens (tertiary/aromatic N) is 1. The molecule has 0 bridgehead atoms. The van der Waals surface area contributed by atoms with Crippen LogP contribution in [-0.2, 0) is 0 Å². The van der Waals surface area contributed by atoms with Crippen molar-refractivity contribution in [1.29, 1.82) is 0 Å². The molecule has 2 heteroatoms. The number of rotatable bonds is 2. The SMILES string of the molecule is C1CCC(CN2C[C@H]3CNC[C@H]3C2)CC1. The summed E-state index contributed by atoms with van der Waals surface area (Å²) in [6.45, 7) is 6.74. The van der Waals surface area contributed by atoms with Gasteiger partial charge in [-0.3, -0.25) is 0 Å². The largest absolute Gasteiger partial charge is 0.316 e. The van der Waals surface area contributed by atoms with Gasteiger partial charge in [-0.25, -0.2) is 0 Å². The first-order valence-corrected chi connectivity index (χ1v) is 6.85. The van der Waals surface area contributed by atoms with Crippen molar-refractivity contribution in [3.8, 4) is 0 Å². The van der Waals surface area contributed by atoms with Crippen LogP contribution in [0.4, 0.5) is 0 Å². The fourth-order valence-corrected chi connectivity index (χ4v) is 3.84. The quantitative estimate of drug-likeness (QED) is 0.743. The summed E-state index contributed by atoms with van der Waals surface area (Å²) in [7, 11) is 0. The Morgan fingerprint density at radius 3 is 2.27 bits per heavy atom. The molecule has 2 atom stereocenters. The van der Waals surface area contributed by atoms with Crippen LogP contribution < -0.4 is 5.32 Å². The molecule has 0 spiro atoms. The van der Waals surface area contributed by atoms with Crippen LogP contribution >= 0.6 is 0 Å². The van der Waals surface area contributed by atoms with Crippen LogP contribution in [0.1, 0.15) is 32.1 Å². The van der Waals surface area contributed by atoms with Crippen molar-refractivity contribution in [2.24, 2.45) is 17.8 Å². The third-order valence-corrected chi connectivity index (χ3v) is 4.71. The average Bonchev–Trinajstić information content (AvgIpc) is 2.79. The van der Waals surface area contributed by atoms with Gasteiger partial charge < -0.3 is 10.2 Å². The van der Waals surface area contributed by atoms with Gasteiger partial charge in [-0.1, -0.05) is 19.3 Å². The Kier molecular flexibility index (Phi) is 2.98. The molecule has 0 aromatic carbocycles. The van der Waals surface area contributed by atoms with Crippen molar-refractivity contribution in [3.63, 3.8) is 0 Å². The van der Waals surface area contributed by atoms with E-state index in [0.29, 0.717) is 0 Å². The van der Waals surface area contributed by atoms with Crippen LogP contribution in [0.15, 0.2) is 0 Å². The Morgan fingerprint density at radius 2 is 1.60 bits per heavy atom. The second-order valence-electron chi connectivity index (χ2n) is 5.90. The molecule has 3 aliphatic rings. The lowest BCUT2D eigenvalue weighted by atomic mass is 9.89. The van der Waals surface area contributed by atoms with E-state index < -0.39 is 0 Å². The van der Waals surface area contributed by atoms with Crippen molar-refractivity contribution in [2.75, 3.05) is 32.7 Å². The zero-order chi connectivity index (χ0) is 10.1. The standard InChI is InChI=1S/C13H24N2/c1-2-4-11(5-3-1)8-15-9-12-6-14-7-13(12)10-15/h11-14H,1-10H2/t12-,13+. The Bertz CT molecular complexity index is 199. The first-order chi connectivity index (χ1) is 7.42. The highest BCUT2D eigenvalue weighted by Gasteiger charge is 2.36. The molecule has 86 valence electrons. The lowest BCUT2D eigenvalue weighted by molar-refractivity contribution is 0.223. The van der Waals surface area contributed by atoms with E-state index in [0.717, 1.165) is 17.8 Å². The maximum atomic E-state index is 3.52. The van der Waals surface area contributed by atoms with Gasteiger partial charge in [0.15, 0.2) is 0 Å². The fraction of sp³-hybridized carbons (Fsp3) is 1.00. The minimum atomic E-state index is 0.980. The minimum absolute atomic E-state index is 0.980. The van der Waals surface area contributed by atoms with Crippen LogP contribution in [-0.4, -0.2) is 37.6 Å². The van der Waals surface area contributed by atoms with E-state index in [1.165, 1.54) is 64.8 Å². The monoisotopic (exact) mass is 208 g/mol. The molecule has 0 radical (unpaired) electrons. The second kappa shape index (κ2) is 4.42. The molecule has 1 saturated carbocycles. The lowest BCUT2D eigenvalue weighted by Crippen LogP contribution is -2.31. The topological polar surface area (TPSA) is 15.3 Å². The van der Waals surface area contributed by atoms with E-state index in [2.05, 4.69) is 10.2 Å². The summed E-state index contributed by atoms with van der Waals surface area (Å²) in [5.41, 5.74) is 0. The van der Waals surface area contributed by atoms with E-state index in [9.17, 15) is 0 Å². The lowest BCUT2D eigenvalue weighted by Gasteiger charge is -2.27. The Balaban J connectivity index is 1.48. The highest BCUT2D eigenvalue weighted by Crippen LogP contribution is 2.30. The Morgan fingerprint density at radius 1 is 0.933 bits per heavy atom. The molecule has 0 unspecified atom stereocenters. The molecule has 1 aliphatic carbocycles. The summed E-state index contributed by atoms with van der Waals surface area (Å²) in [4.78, 5) is 2.76. The van der Waals surface area contributed by atoms with Gasteiger partial charge >= 0.3 is 0 Å². The molecule has 2 heterocycles. The van der Waals surface area contributed by atoms with Crippen molar-refractivity contribution in [1.82, 2.24) is 10.2 Å². The van der Waals surface area contributed by atoms with Gasteiger partial charge in [-0.2, -0.15) is 0 Å². The summed E-state index contributed by atoms with van der Waals surface area (Å²) in [5, 5.41) is 3.52. The number of fused-ring (bicyclic) bond motifs is 1. The van der Waals surface area contributed by atoms with Gasteiger partial charge in [0.25, 0.3) is 0 Å². The van der Waals surface area contributed by atoms with Crippen molar-refractivity contribution in [2.45, 2.75) is 32.1 Å². The highest BCUT2D eigenvalue weighted by molar-refractivity contribution is 4.91. The van der Waals surface area contributed by atoms with Gasteiger partial charge in [0.05, 0.1) is 0 Å². The van der Waals surface area contributed by atoms with Gasteiger partial charge in [0.2, 0.25) is 0 Å². The van der Waals surface area contributed by atoms with E-state index in [4.69, 9.17) is 0 Å². The summed E-state index contributed by atoms with van der Waals surface area (Å²) in [5.74, 6) is 2.99. The zero-order valence-electron chi connectivity index (χ0n) is 9.75. The Hall–Kier alpha value is -0.0800. The van der Waals surface area contributed by atoms with Crippen molar-refractivity contribution >= 4 is 0 Å². The third-order valence-electron chi connectivity index (χ3n) is 4.71. The van der Waals surface area contributed by atoms with Gasteiger partial charge in [0, 0.05) is 19.6 Å². The van der Waals surface area contributed by atoms with E-state index in [1.807, 2.05) is 0 Å². The fourth-order valence-electron chi connectivity index (χ4n) is 3.84. The molecule has 2 nitrogen and oxygen atoms in total. The minimum Gasteiger partial charge on any atom is -0.316 e. The molecular weight excluding hydrogens is 184 g/mol. The molecule has 0 aromatic heterocycles. The average molecular weight is 208 g/mol. The summed E-state index contributed by atoms with van der Waals surface area (Å²) in [6.07, 6.45) is 7.49. The summed E-state index contributed by atoms with van der Waals surface area (Å²) < 4.78 is 0. The smallest absolute Gasteiger partial charge is 0.00257 e. The molecule has 15 heavy (non-hydrogen) atoms. The number of nitrogens with one attached hydrogen (secondary N) is 1. The predicted molar refractivity (Wildman–Crippen MR) is 62.9 cm³/mol.